The summed E-state index contributed by atoms with van der Waals surface area (Å²) in [5, 5.41) is 12.5. The van der Waals surface area contributed by atoms with E-state index < -0.39 is 50.4 Å². The highest BCUT2D eigenvalue weighted by Crippen LogP contribution is 2.50. The van der Waals surface area contributed by atoms with Crippen molar-refractivity contribution in [3.63, 3.8) is 0 Å². The molecule has 0 radical (unpaired) electrons. The van der Waals surface area contributed by atoms with Crippen molar-refractivity contribution in [3.05, 3.63) is 128 Å². The molecule has 1 amide bonds. The van der Waals surface area contributed by atoms with Crippen LogP contribution in [0.1, 0.15) is 101 Å². The van der Waals surface area contributed by atoms with Crippen molar-refractivity contribution in [2.45, 2.75) is 128 Å². The fourth-order valence-corrected chi connectivity index (χ4v) is 10.3. The standard InChI is InChI=1S/C48H62N5O9P/c1-33(2)53(34(3)4)63(60-28-14-27-49)62-42-29-45(51-30-35(5)46(55)52(47(51)56)31-44(54)50-39-17-12-9-13-18-39)61-43(42)32-59-48(36-15-10-8-11-16-36,37-19-23-40(57-6)24-20-37)38-21-25-41(58-7)26-22-38/h8,10-11,15-16,19-26,30,33-34,39,42-43,45H,9,12-14,17-18,28-29,31-32H2,1-7H3,(H,50,54)/t42-,43+,45+,63?/m0/s1. The van der Waals surface area contributed by atoms with Gasteiger partial charge in [-0.1, -0.05) is 73.9 Å². The molecule has 3 aromatic carbocycles. The van der Waals surface area contributed by atoms with Gasteiger partial charge in [-0.25, -0.2) is 9.46 Å². The number of hydrogen-bond donors (Lipinski definition) is 1. The number of ether oxygens (including phenoxy) is 4. The summed E-state index contributed by atoms with van der Waals surface area (Å²) in [6.07, 6.45) is 4.42. The van der Waals surface area contributed by atoms with Crippen molar-refractivity contribution in [3.8, 4) is 17.6 Å². The second kappa shape index (κ2) is 22.2. The molecule has 63 heavy (non-hydrogen) atoms. The van der Waals surface area contributed by atoms with Crippen LogP contribution in [0.2, 0.25) is 0 Å². The van der Waals surface area contributed by atoms with Crippen LogP contribution in [0.25, 0.3) is 0 Å². The number of nitrogens with one attached hydrogen (secondary N) is 1. The minimum atomic E-state index is -1.74. The number of carbonyl (C=O) groups excluding carboxylic acids is 1. The van der Waals surface area contributed by atoms with Crippen LogP contribution in [0.4, 0.5) is 0 Å². The Hall–Kier alpha value is -4.87. The summed E-state index contributed by atoms with van der Waals surface area (Å²) < 4.78 is 43.2. The Bertz CT molecular complexity index is 2200. The monoisotopic (exact) mass is 883 g/mol. The number of methoxy groups -OCH3 is 2. The Balaban J connectivity index is 1.42. The molecule has 338 valence electrons. The Labute approximate surface area is 372 Å². The Morgan fingerprint density at radius 3 is 2.05 bits per heavy atom. The van der Waals surface area contributed by atoms with Gasteiger partial charge in [0, 0.05) is 36.3 Å². The molecule has 4 aromatic rings. The van der Waals surface area contributed by atoms with E-state index in [-0.39, 0.29) is 55.7 Å². The number of hydrogen-bond acceptors (Lipinski definition) is 11. The van der Waals surface area contributed by atoms with Crippen LogP contribution in [0.15, 0.2) is 94.6 Å². The third kappa shape index (κ3) is 11.3. The van der Waals surface area contributed by atoms with Gasteiger partial charge in [0.25, 0.3) is 14.1 Å². The molecule has 1 saturated carbocycles. The zero-order valence-corrected chi connectivity index (χ0v) is 38.4. The van der Waals surface area contributed by atoms with Crippen LogP contribution in [-0.2, 0) is 35.5 Å². The van der Waals surface area contributed by atoms with Crippen LogP contribution in [0.5, 0.6) is 11.5 Å². The first-order valence-electron chi connectivity index (χ1n) is 21.9. The maximum absolute atomic E-state index is 14.3. The van der Waals surface area contributed by atoms with Crippen LogP contribution < -0.4 is 26.0 Å². The highest BCUT2D eigenvalue weighted by Gasteiger charge is 2.45. The largest absolute Gasteiger partial charge is 0.497 e. The highest BCUT2D eigenvalue weighted by atomic mass is 31.2. The second-order valence-electron chi connectivity index (χ2n) is 16.7. The molecule has 2 aliphatic rings. The van der Waals surface area contributed by atoms with Crippen molar-refractivity contribution in [2.75, 3.05) is 27.4 Å². The predicted octanol–water partition coefficient (Wildman–Crippen LogP) is 7.74. The smallest absolute Gasteiger partial charge is 0.333 e. The van der Waals surface area contributed by atoms with Gasteiger partial charge in [-0.15, -0.1) is 0 Å². The predicted molar refractivity (Wildman–Crippen MR) is 242 cm³/mol. The first-order chi connectivity index (χ1) is 30.4. The molecule has 6 rings (SSSR count). The maximum Gasteiger partial charge on any atom is 0.333 e. The number of amides is 1. The number of aromatic nitrogens is 2. The summed E-state index contributed by atoms with van der Waals surface area (Å²) in [5.74, 6) is 0.989. The van der Waals surface area contributed by atoms with Gasteiger partial charge < -0.3 is 33.3 Å². The van der Waals surface area contributed by atoms with Gasteiger partial charge in [0.2, 0.25) is 5.91 Å². The lowest BCUT2D eigenvalue weighted by Crippen LogP contribution is -2.47. The number of nitriles is 1. The van der Waals surface area contributed by atoms with Crippen molar-refractivity contribution >= 4 is 14.4 Å². The number of nitrogens with zero attached hydrogens (tertiary/aromatic N) is 4. The molecule has 4 atom stereocenters. The minimum absolute atomic E-state index is 0.0178. The van der Waals surface area contributed by atoms with Crippen LogP contribution in [0.3, 0.4) is 0 Å². The molecule has 2 fully saturated rings. The first kappa shape index (κ1) is 47.6. The summed E-state index contributed by atoms with van der Waals surface area (Å²) in [4.78, 5) is 41.2. The van der Waals surface area contributed by atoms with E-state index >= 15 is 0 Å². The molecule has 1 aromatic heterocycles. The second-order valence-corrected chi connectivity index (χ2v) is 18.1. The van der Waals surface area contributed by atoms with E-state index in [1.807, 2.05) is 78.9 Å². The lowest BCUT2D eigenvalue weighted by molar-refractivity contribution is -0.122. The van der Waals surface area contributed by atoms with E-state index in [1.54, 1.807) is 21.1 Å². The van der Waals surface area contributed by atoms with Gasteiger partial charge >= 0.3 is 5.69 Å². The summed E-state index contributed by atoms with van der Waals surface area (Å²) in [7, 11) is 1.50. The lowest BCUT2D eigenvalue weighted by Gasteiger charge is -2.39. The summed E-state index contributed by atoms with van der Waals surface area (Å²) in [5.41, 5.74) is 0.403. The minimum Gasteiger partial charge on any atom is -0.497 e. The van der Waals surface area contributed by atoms with E-state index in [9.17, 15) is 19.6 Å². The number of carbonyl (C=O) groups is 1. The van der Waals surface area contributed by atoms with E-state index in [0.717, 1.165) is 53.4 Å². The molecule has 1 N–H and O–H groups in total. The average Bonchev–Trinajstić information content (AvgIpc) is 3.69. The fourth-order valence-electron chi connectivity index (χ4n) is 8.59. The van der Waals surface area contributed by atoms with Crippen LogP contribution in [-0.4, -0.2) is 77.5 Å². The van der Waals surface area contributed by atoms with E-state index in [0.29, 0.717) is 11.5 Å². The van der Waals surface area contributed by atoms with Crippen LogP contribution >= 0.6 is 8.53 Å². The molecular formula is C48H62N5O9P. The molecule has 1 aliphatic heterocycles. The molecule has 1 saturated heterocycles. The van der Waals surface area contributed by atoms with E-state index in [1.165, 1.54) is 10.8 Å². The third-order valence-electron chi connectivity index (χ3n) is 11.7. The molecular weight excluding hydrogens is 822 g/mol. The molecule has 0 spiro atoms. The molecule has 14 nitrogen and oxygen atoms in total. The Morgan fingerprint density at radius 2 is 1.49 bits per heavy atom. The summed E-state index contributed by atoms with van der Waals surface area (Å²) in [6, 6.07) is 27.6. The zero-order chi connectivity index (χ0) is 45.1. The molecule has 15 heteroatoms. The van der Waals surface area contributed by atoms with Gasteiger partial charge in [0.05, 0.1) is 46.0 Å². The molecule has 1 unspecified atom stereocenters. The first-order valence-corrected chi connectivity index (χ1v) is 23.0. The van der Waals surface area contributed by atoms with Crippen molar-refractivity contribution in [1.82, 2.24) is 19.1 Å². The van der Waals surface area contributed by atoms with Gasteiger partial charge in [0.1, 0.15) is 36.0 Å². The van der Waals surface area contributed by atoms with Crippen molar-refractivity contribution in [2.24, 2.45) is 0 Å². The Morgan fingerprint density at radius 1 is 0.905 bits per heavy atom. The fraction of sp³-hybridized carbons (Fsp3) is 0.500. The number of aryl methyl sites for hydroxylation is 1. The molecule has 2 heterocycles. The molecule has 0 bridgehead atoms. The van der Waals surface area contributed by atoms with Gasteiger partial charge in [-0.3, -0.25) is 18.7 Å². The van der Waals surface area contributed by atoms with Gasteiger partial charge in [-0.2, -0.15) is 5.26 Å². The topological polar surface area (TPSA) is 156 Å². The lowest BCUT2D eigenvalue weighted by atomic mass is 9.80. The zero-order valence-electron chi connectivity index (χ0n) is 37.5. The highest BCUT2D eigenvalue weighted by molar-refractivity contribution is 7.44. The quantitative estimate of drug-likeness (QED) is 0.0527. The number of benzene rings is 3. The normalized spacial score (nSPS) is 18.7. The SMILES string of the molecule is COc1ccc(C(OC[C@H]2O[C@@H](n3cc(C)c(=O)n(CC(=O)NC4CCCCC4)c3=O)C[C@@H]2OP(OCCC#N)N(C(C)C)C(C)C)(c2ccccc2)c2ccc(OC)cc2)cc1. The third-order valence-corrected chi connectivity index (χ3v) is 13.8. The van der Waals surface area contributed by atoms with E-state index in [4.69, 9.17) is 28.0 Å². The van der Waals surface area contributed by atoms with E-state index in [2.05, 4.69) is 43.8 Å². The Kier molecular flexibility index (Phi) is 16.7. The van der Waals surface area contributed by atoms with Crippen LogP contribution in [0, 0.1) is 18.3 Å². The van der Waals surface area contributed by atoms with Gasteiger partial charge in [-0.05, 0) is 88.4 Å². The van der Waals surface area contributed by atoms with Crippen molar-refractivity contribution < 1.29 is 32.8 Å². The summed E-state index contributed by atoms with van der Waals surface area (Å²) >= 11 is 0. The number of rotatable bonds is 20. The van der Waals surface area contributed by atoms with Crippen molar-refractivity contribution in [1.29, 1.82) is 5.26 Å². The molecule has 1 aliphatic carbocycles. The average molecular weight is 884 g/mol. The van der Waals surface area contributed by atoms with Gasteiger partial charge in [0.15, 0.2) is 0 Å². The maximum atomic E-state index is 14.3. The summed E-state index contributed by atoms with van der Waals surface area (Å²) in [6.45, 7) is 9.62.